The Kier molecular flexibility index (Phi) is 34.8. The van der Waals surface area contributed by atoms with E-state index in [2.05, 4.69) is 233 Å². The average molecular weight is 1150 g/mol. The van der Waals surface area contributed by atoms with Gasteiger partial charge < -0.3 is 30.9 Å². The number of ether oxygens (including phenoxy) is 2. The number of methoxy groups -OCH3 is 2. The van der Waals surface area contributed by atoms with Crippen LogP contribution in [0.1, 0.15) is 241 Å². The van der Waals surface area contributed by atoms with Crippen LogP contribution in [0.5, 0.6) is 11.5 Å². The van der Waals surface area contributed by atoms with E-state index in [1.165, 1.54) is 55.9 Å². The van der Waals surface area contributed by atoms with Crippen LogP contribution in [0, 0.1) is 0 Å². The van der Waals surface area contributed by atoms with Crippen LogP contribution < -0.4 is 19.5 Å². The van der Waals surface area contributed by atoms with Gasteiger partial charge >= 0.3 is 46.1 Å². The second-order valence-electron chi connectivity index (χ2n) is 23.7. The van der Waals surface area contributed by atoms with Crippen molar-refractivity contribution < 1.29 is 19.5 Å². The maximum absolute atomic E-state index is 8.58. The van der Waals surface area contributed by atoms with Gasteiger partial charge in [0.1, 0.15) is 11.5 Å². The summed E-state index contributed by atoms with van der Waals surface area (Å²) >= 11 is 0. The Morgan fingerprint density at radius 3 is 0.810 bits per heavy atom. The van der Waals surface area contributed by atoms with Gasteiger partial charge in [-0.25, -0.2) is 9.98 Å². The molecule has 440 valence electrons. The SMILES string of the molecule is CC(/C=C(/C)[N-]c1c(C(C)C)cccc1C(C)C)=[NH+]c1c(C(C)C)cccc1C(C)C.CC(/C=C(/C)[N-]c1c(C(C)C)cccc1C(C)C)=[NH+]c1c(C(C)C)cccc1C(C)C.COc1cccc(C=[N-])c1.COc1cccc(C=[N-])c1.[Mg+2].[Mg+2]. The second-order valence-corrected chi connectivity index (χ2v) is 23.7. The number of allylic oxidation sites excluding steroid dienone is 4. The van der Waals surface area contributed by atoms with E-state index in [4.69, 9.17) is 30.9 Å². The summed E-state index contributed by atoms with van der Waals surface area (Å²) in [5, 5.41) is 27.4. The third-order valence-electron chi connectivity index (χ3n) is 14.0. The molecule has 6 aromatic carbocycles. The van der Waals surface area contributed by atoms with E-state index in [0.717, 1.165) is 69.2 Å². The molecule has 6 aromatic rings. The van der Waals surface area contributed by atoms with Crippen molar-refractivity contribution in [2.75, 3.05) is 14.2 Å². The summed E-state index contributed by atoms with van der Waals surface area (Å²) in [6.45, 7) is 44.5. The molecule has 0 saturated heterocycles. The Morgan fingerprint density at radius 1 is 0.369 bits per heavy atom. The van der Waals surface area contributed by atoms with E-state index in [9.17, 15) is 0 Å². The first-order valence-corrected chi connectivity index (χ1v) is 29.5. The zero-order valence-corrected chi connectivity index (χ0v) is 58.3. The van der Waals surface area contributed by atoms with Gasteiger partial charge in [0, 0.05) is 36.1 Å². The van der Waals surface area contributed by atoms with Crippen molar-refractivity contribution in [1.82, 2.24) is 0 Å². The van der Waals surface area contributed by atoms with Crippen molar-refractivity contribution in [1.29, 1.82) is 0 Å². The van der Waals surface area contributed by atoms with Gasteiger partial charge in [0.05, 0.1) is 14.2 Å². The van der Waals surface area contributed by atoms with Crippen LogP contribution in [0.25, 0.3) is 21.5 Å². The van der Waals surface area contributed by atoms with Crippen molar-refractivity contribution in [3.63, 3.8) is 0 Å². The molecule has 10 heteroatoms. The molecule has 2 N–H and O–H groups in total. The predicted molar refractivity (Wildman–Crippen MR) is 369 cm³/mol. The smallest absolute Gasteiger partial charge is 0.810 e. The van der Waals surface area contributed by atoms with Crippen LogP contribution in [-0.2, 0) is 0 Å². The Morgan fingerprint density at radius 2 is 0.595 bits per heavy atom. The van der Waals surface area contributed by atoms with E-state index < -0.39 is 0 Å². The maximum Gasteiger partial charge on any atom is 2.00 e. The maximum atomic E-state index is 8.58. The quantitative estimate of drug-likeness (QED) is 0.0585. The predicted octanol–water partition coefficient (Wildman–Crippen LogP) is 18.5. The minimum absolute atomic E-state index is 0. The summed E-state index contributed by atoms with van der Waals surface area (Å²) < 4.78 is 9.85. The van der Waals surface area contributed by atoms with Crippen molar-refractivity contribution in [2.24, 2.45) is 0 Å². The van der Waals surface area contributed by atoms with Gasteiger partial charge in [-0.1, -0.05) is 244 Å². The summed E-state index contributed by atoms with van der Waals surface area (Å²) in [4.78, 5) is 7.43. The minimum Gasteiger partial charge on any atom is -0.810 e. The molecular formula is C74H100Mg2N6O2+2. The van der Waals surface area contributed by atoms with E-state index >= 15 is 0 Å². The number of hydrogen-bond acceptors (Lipinski definition) is 2. The summed E-state index contributed by atoms with van der Waals surface area (Å²) in [7, 11) is 3.19. The minimum atomic E-state index is 0. The van der Waals surface area contributed by atoms with Gasteiger partial charge in [0.25, 0.3) is 0 Å². The molecule has 0 spiro atoms. The van der Waals surface area contributed by atoms with Crippen LogP contribution in [-0.4, -0.2) is 84.2 Å². The van der Waals surface area contributed by atoms with E-state index in [-0.39, 0.29) is 46.1 Å². The summed E-state index contributed by atoms with van der Waals surface area (Å²) in [6.07, 6.45) is 6.43. The largest absolute Gasteiger partial charge is 2.00 e. The average Bonchev–Trinajstić information content (AvgIpc) is 3.42. The van der Waals surface area contributed by atoms with E-state index in [1.54, 1.807) is 38.5 Å². The molecule has 0 aliphatic carbocycles. The number of para-hydroxylation sites is 4. The number of rotatable bonds is 20. The van der Waals surface area contributed by atoms with Crippen LogP contribution in [0.15, 0.2) is 145 Å². The van der Waals surface area contributed by atoms with Gasteiger partial charge in [-0.3, -0.25) is 0 Å². The van der Waals surface area contributed by atoms with Crippen molar-refractivity contribution in [3.05, 3.63) is 222 Å². The fraction of sp³-hybridized carbons (Fsp3) is 0.405. The Balaban J connectivity index is 0.000000621. The number of benzene rings is 6. The Bertz CT molecular complexity index is 2810. The number of nitrogens with zero attached hydrogens (tertiary/aromatic N) is 4. The molecule has 0 radical (unpaired) electrons. The molecule has 8 nitrogen and oxygen atoms in total. The van der Waals surface area contributed by atoms with Gasteiger partial charge in [0.2, 0.25) is 11.4 Å². The van der Waals surface area contributed by atoms with Gasteiger partial charge in [-0.2, -0.15) is 23.8 Å². The van der Waals surface area contributed by atoms with Gasteiger partial charge in [-0.05, 0) is 94.9 Å². The Hall–Kier alpha value is -5.79. The van der Waals surface area contributed by atoms with Crippen LogP contribution in [0.3, 0.4) is 0 Å². The van der Waals surface area contributed by atoms with Crippen LogP contribution in [0.4, 0.5) is 22.7 Å². The second kappa shape index (κ2) is 38.3. The Labute approximate surface area is 541 Å². The molecule has 0 atom stereocenters. The van der Waals surface area contributed by atoms with Crippen molar-refractivity contribution >= 4 is 92.7 Å². The first kappa shape index (κ1) is 76.2. The van der Waals surface area contributed by atoms with E-state index in [0.29, 0.717) is 47.3 Å². The van der Waals surface area contributed by atoms with Crippen LogP contribution >= 0.6 is 0 Å². The normalized spacial score (nSPS) is 11.8. The molecule has 0 aromatic heterocycles. The molecular weight excluding hydrogens is 1050 g/mol. The molecule has 0 saturated carbocycles. The topological polar surface area (TPSA) is 119 Å². The molecule has 0 bridgehead atoms. The molecule has 0 amide bonds. The number of hydrogen-bond donors (Lipinski definition) is 2. The molecule has 0 aliphatic rings. The third-order valence-corrected chi connectivity index (χ3v) is 14.0. The third kappa shape index (κ3) is 23.9. The van der Waals surface area contributed by atoms with Gasteiger partial charge in [-0.15, -0.1) is 11.4 Å². The fourth-order valence-corrected chi connectivity index (χ4v) is 9.63. The van der Waals surface area contributed by atoms with E-state index in [1.807, 2.05) is 24.3 Å². The molecule has 0 unspecified atom stereocenters. The molecule has 0 fully saturated rings. The fourth-order valence-electron chi connectivity index (χ4n) is 9.63. The number of nitrogens with one attached hydrogen (secondary N) is 2. The zero-order chi connectivity index (χ0) is 61.4. The van der Waals surface area contributed by atoms with Crippen LogP contribution in [0.2, 0.25) is 0 Å². The standard InChI is InChI=1S/2C29H41N2.2C8H8NO.2Mg/c2*1-18(2)24-13-11-14-25(19(3)4)28(24)30-22(9)17-23(10)31-29-26(20(5)6)15-12-16-27(29)21(7)8;2*1-10-8-4-2-3-7(5-8)6-9;;/h2*11-21H,1-10H3;2*2-6H,1H3;;/q4*-1;2*+2/p+2/b2*22-17-,31-23?;;;;. The molecule has 6 rings (SSSR count). The van der Waals surface area contributed by atoms with Crippen molar-refractivity contribution in [2.45, 2.75) is 186 Å². The monoisotopic (exact) mass is 1150 g/mol. The molecule has 84 heavy (non-hydrogen) atoms. The van der Waals surface area contributed by atoms with Gasteiger partial charge in [0.15, 0.2) is 11.4 Å². The summed E-state index contributed by atoms with van der Waals surface area (Å²) in [5.74, 6) is 5.15. The summed E-state index contributed by atoms with van der Waals surface area (Å²) in [6, 6.07) is 40.9. The summed E-state index contributed by atoms with van der Waals surface area (Å²) in [5.41, 5.74) is 21.3. The molecule has 0 heterocycles. The van der Waals surface area contributed by atoms with Crippen molar-refractivity contribution in [3.8, 4) is 11.5 Å². The zero-order valence-electron chi connectivity index (χ0n) is 55.5. The first-order chi connectivity index (χ1) is 38.8. The molecule has 0 aliphatic heterocycles. The first-order valence-electron chi connectivity index (χ1n) is 29.5.